The van der Waals surface area contributed by atoms with E-state index in [0.29, 0.717) is 19.6 Å². The van der Waals surface area contributed by atoms with Crippen LogP contribution in [-0.2, 0) is 18.4 Å². The predicted molar refractivity (Wildman–Crippen MR) is 83.5 cm³/mol. The van der Waals surface area contributed by atoms with Crippen LogP contribution < -0.4 is 0 Å². The standard InChI is InChI=1S/C17H20FN3O2/c1-11-14(7-19-20(11)2)15-9-21(10-16(15)17(22)23)8-12-3-5-13(18)6-4-12/h3-7,15-16H,8-10H2,1-2H3,(H,22,23)/t15-,16+/m1/s1. The van der Waals surface area contributed by atoms with Crippen LogP contribution in [0.25, 0.3) is 0 Å². The van der Waals surface area contributed by atoms with Crippen LogP contribution in [0.5, 0.6) is 0 Å². The van der Waals surface area contributed by atoms with E-state index in [2.05, 4.69) is 10.00 Å². The molecule has 2 heterocycles. The second-order valence-corrected chi connectivity index (χ2v) is 6.18. The lowest BCUT2D eigenvalue weighted by Gasteiger charge is -2.16. The summed E-state index contributed by atoms with van der Waals surface area (Å²) in [4.78, 5) is 13.8. The second-order valence-electron chi connectivity index (χ2n) is 6.18. The number of likely N-dealkylation sites (tertiary alicyclic amines) is 1. The Balaban J connectivity index is 1.79. The summed E-state index contributed by atoms with van der Waals surface area (Å²) in [5.41, 5.74) is 2.99. The zero-order valence-corrected chi connectivity index (χ0v) is 13.2. The topological polar surface area (TPSA) is 58.4 Å². The number of benzene rings is 1. The second kappa shape index (κ2) is 6.12. The summed E-state index contributed by atoms with van der Waals surface area (Å²) < 4.78 is 14.8. The van der Waals surface area contributed by atoms with Gasteiger partial charge in [0.15, 0.2) is 0 Å². The first kappa shape index (κ1) is 15.7. The van der Waals surface area contributed by atoms with Crippen LogP contribution in [0, 0.1) is 18.7 Å². The highest BCUT2D eigenvalue weighted by atomic mass is 19.1. The van der Waals surface area contributed by atoms with Crippen molar-refractivity contribution in [2.24, 2.45) is 13.0 Å². The Kier molecular flexibility index (Phi) is 4.17. The van der Waals surface area contributed by atoms with Gasteiger partial charge in [-0.3, -0.25) is 14.4 Å². The quantitative estimate of drug-likeness (QED) is 0.939. The van der Waals surface area contributed by atoms with Crippen LogP contribution >= 0.6 is 0 Å². The Bertz CT molecular complexity index is 711. The fourth-order valence-corrected chi connectivity index (χ4v) is 3.31. The van der Waals surface area contributed by atoms with Crippen molar-refractivity contribution in [3.05, 3.63) is 53.1 Å². The lowest BCUT2D eigenvalue weighted by atomic mass is 9.89. The molecule has 122 valence electrons. The molecule has 0 radical (unpaired) electrons. The normalized spacial score (nSPS) is 21.7. The molecule has 1 fully saturated rings. The maximum atomic E-state index is 13.0. The largest absolute Gasteiger partial charge is 0.481 e. The third-order valence-electron chi connectivity index (χ3n) is 4.70. The molecule has 1 N–H and O–H groups in total. The van der Waals surface area contributed by atoms with Crippen LogP contribution in [0.15, 0.2) is 30.5 Å². The molecule has 3 rings (SSSR count). The number of nitrogens with zero attached hydrogens (tertiary/aromatic N) is 3. The molecule has 2 aromatic rings. The summed E-state index contributed by atoms with van der Waals surface area (Å²) in [6, 6.07) is 6.35. The first-order valence-electron chi connectivity index (χ1n) is 7.64. The highest BCUT2D eigenvalue weighted by Crippen LogP contribution is 2.35. The molecule has 0 spiro atoms. The summed E-state index contributed by atoms with van der Waals surface area (Å²) in [6.07, 6.45) is 1.78. The Morgan fingerprint density at radius 3 is 2.61 bits per heavy atom. The van der Waals surface area contributed by atoms with Gasteiger partial charge >= 0.3 is 5.97 Å². The van der Waals surface area contributed by atoms with Crippen molar-refractivity contribution < 1.29 is 14.3 Å². The van der Waals surface area contributed by atoms with Gasteiger partial charge in [-0.15, -0.1) is 0 Å². The van der Waals surface area contributed by atoms with Crippen molar-refractivity contribution in [3.8, 4) is 0 Å². The molecule has 2 atom stereocenters. The monoisotopic (exact) mass is 317 g/mol. The fourth-order valence-electron chi connectivity index (χ4n) is 3.31. The van der Waals surface area contributed by atoms with E-state index in [1.807, 2.05) is 14.0 Å². The molecule has 1 aromatic carbocycles. The van der Waals surface area contributed by atoms with Gasteiger partial charge in [-0.25, -0.2) is 4.39 Å². The zero-order valence-electron chi connectivity index (χ0n) is 13.2. The van der Waals surface area contributed by atoms with Crippen LogP contribution in [0.4, 0.5) is 4.39 Å². The molecule has 0 bridgehead atoms. The Morgan fingerprint density at radius 2 is 2.04 bits per heavy atom. The van der Waals surface area contributed by atoms with Crippen LogP contribution in [-0.4, -0.2) is 38.8 Å². The number of halogens is 1. The first-order valence-corrected chi connectivity index (χ1v) is 7.64. The van der Waals surface area contributed by atoms with E-state index in [1.165, 1.54) is 12.1 Å². The van der Waals surface area contributed by atoms with Crippen LogP contribution in [0.1, 0.15) is 22.7 Å². The number of rotatable bonds is 4. The van der Waals surface area contributed by atoms with Gasteiger partial charge in [0.05, 0.1) is 12.1 Å². The van der Waals surface area contributed by atoms with Crippen molar-refractivity contribution in [3.63, 3.8) is 0 Å². The van der Waals surface area contributed by atoms with Gasteiger partial charge in [-0.05, 0) is 30.2 Å². The van der Waals surface area contributed by atoms with E-state index in [9.17, 15) is 14.3 Å². The van der Waals surface area contributed by atoms with E-state index >= 15 is 0 Å². The van der Waals surface area contributed by atoms with E-state index in [0.717, 1.165) is 16.8 Å². The molecule has 5 nitrogen and oxygen atoms in total. The van der Waals surface area contributed by atoms with Crippen LogP contribution in [0.3, 0.4) is 0 Å². The van der Waals surface area contributed by atoms with Crippen molar-refractivity contribution in [1.29, 1.82) is 0 Å². The molecule has 0 unspecified atom stereocenters. The third kappa shape index (κ3) is 3.12. The molecule has 0 saturated carbocycles. The maximum absolute atomic E-state index is 13.0. The Hall–Kier alpha value is -2.21. The van der Waals surface area contributed by atoms with Gasteiger partial charge in [-0.1, -0.05) is 12.1 Å². The number of carboxylic acid groups (broad SMARTS) is 1. The SMILES string of the molecule is Cc1c([C@H]2CN(Cc3ccc(F)cc3)C[C@@H]2C(=O)O)cnn1C. The van der Waals surface area contributed by atoms with Gasteiger partial charge in [0, 0.05) is 38.3 Å². The minimum Gasteiger partial charge on any atom is -0.481 e. The van der Waals surface area contributed by atoms with Gasteiger partial charge in [0.1, 0.15) is 5.82 Å². The fraction of sp³-hybridized carbons (Fsp3) is 0.412. The van der Waals surface area contributed by atoms with Crippen molar-refractivity contribution >= 4 is 5.97 Å². The van der Waals surface area contributed by atoms with E-state index < -0.39 is 11.9 Å². The van der Waals surface area contributed by atoms with Crippen molar-refractivity contribution in [2.45, 2.75) is 19.4 Å². The average Bonchev–Trinajstić information content (AvgIpc) is 3.06. The third-order valence-corrected chi connectivity index (χ3v) is 4.70. The molecule has 1 saturated heterocycles. The number of aryl methyl sites for hydroxylation is 1. The minimum atomic E-state index is -0.778. The smallest absolute Gasteiger partial charge is 0.308 e. The highest BCUT2D eigenvalue weighted by molar-refractivity contribution is 5.72. The molecule has 1 aromatic heterocycles. The molecule has 0 aliphatic carbocycles. The molecule has 6 heteroatoms. The minimum absolute atomic E-state index is 0.0679. The average molecular weight is 317 g/mol. The number of aliphatic carboxylic acids is 1. The molecule has 0 amide bonds. The van der Waals surface area contributed by atoms with Crippen LogP contribution in [0.2, 0.25) is 0 Å². The van der Waals surface area contributed by atoms with Gasteiger partial charge in [0.25, 0.3) is 0 Å². The maximum Gasteiger partial charge on any atom is 0.308 e. The number of aromatic nitrogens is 2. The van der Waals surface area contributed by atoms with E-state index in [-0.39, 0.29) is 11.7 Å². The van der Waals surface area contributed by atoms with Gasteiger partial charge in [-0.2, -0.15) is 5.10 Å². The molecular formula is C17H20FN3O2. The van der Waals surface area contributed by atoms with Gasteiger partial charge in [0.2, 0.25) is 0 Å². The first-order chi connectivity index (χ1) is 11.0. The molecular weight excluding hydrogens is 297 g/mol. The highest BCUT2D eigenvalue weighted by Gasteiger charge is 2.39. The molecule has 1 aliphatic rings. The van der Waals surface area contributed by atoms with Crippen molar-refractivity contribution in [1.82, 2.24) is 14.7 Å². The summed E-state index contributed by atoms with van der Waals surface area (Å²) in [5.74, 6) is -1.55. The zero-order chi connectivity index (χ0) is 16.6. The predicted octanol–water partition coefficient (Wildman–Crippen LogP) is 2.17. The Morgan fingerprint density at radius 1 is 1.35 bits per heavy atom. The van der Waals surface area contributed by atoms with E-state index in [4.69, 9.17) is 0 Å². The summed E-state index contributed by atoms with van der Waals surface area (Å²) in [6.45, 7) is 3.75. The Labute approximate surface area is 134 Å². The van der Waals surface area contributed by atoms with Gasteiger partial charge < -0.3 is 5.11 Å². The summed E-state index contributed by atoms with van der Waals surface area (Å²) >= 11 is 0. The number of carbonyl (C=O) groups is 1. The van der Waals surface area contributed by atoms with Crippen molar-refractivity contribution in [2.75, 3.05) is 13.1 Å². The number of hydrogen-bond acceptors (Lipinski definition) is 3. The lowest BCUT2D eigenvalue weighted by Crippen LogP contribution is -2.23. The number of carboxylic acids is 1. The summed E-state index contributed by atoms with van der Waals surface area (Å²) in [5, 5.41) is 13.8. The lowest BCUT2D eigenvalue weighted by molar-refractivity contribution is -0.141. The molecule has 1 aliphatic heterocycles. The number of hydrogen-bond donors (Lipinski definition) is 1. The summed E-state index contributed by atoms with van der Waals surface area (Å²) in [7, 11) is 1.86. The molecule has 23 heavy (non-hydrogen) atoms. The van der Waals surface area contributed by atoms with E-state index in [1.54, 1.807) is 23.0 Å².